The molecule has 3 heterocycles. The number of amides is 1. The second-order valence-electron chi connectivity index (χ2n) is 7.87. The quantitative estimate of drug-likeness (QED) is 0.779. The molecule has 1 amide bonds. The maximum absolute atomic E-state index is 12.9. The summed E-state index contributed by atoms with van der Waals surface area (Å²) in [6.07, 6.45) is 1.78. The molecule has 154 valence electrons. The van der Waals surface area contributed by atoms with Crippen molar-refractivity contribution >= 4 is 11.6 Å². The standard InChI is InChI=1S/C23H31N5O/c1-2-25-10-16-28(17-11-25)23(29)22-18-21(8-9-24-22)27-14-12-26(13-15-27)19-20-6-4-3-5-7-20/h3-9,18H,2,10-17,19H2,1H3. The molecule has 2 aromatic rings. The molecule has 0 unspecified atom stereocenters. The molecule has 0 bridgehead atoms. The van der Waals surface area contributed by atoms with Crippen LogP contribution in [0.25, 0.3) is 0 Å². The number of hydrogen-bond donors (Lipinski definition) is 0. The van der Waals surface area contributed by atoms with Crippen LogP contribution in [0.1, 0.15) is 23.0 Å². The summed E-state index contributed by atoms with van der Waals surface area (Å²) in [7, 11) is 0. The number of hydrogen-bond acceptors (Lipinski definition) is 5. The largest absolute Gasteiger partial charge is 0.369 e. The maximum atomic E-state index is 12.9. The normalized spacial score (nSPS) is 18.8. The first-order valence-corrected chi connectivity index (χ1v) is 10.7. The second kappa shape index (κ2) is 9.37. The summed E-state index contributed by atoms with van der Waals surface area (Å²) in [6.45, 7) is 11.7. The van der Waals surface area contributed by atoms with Crippen molar-refractivity contribution in [3.63, 3.8) is 0 Å². The molecule has 0 radical (unpaired) electrons. The van der Waals surface area contributed by atoms with Crippen molar-refractivity contribution in [2.24, 2.45) is 0 Å². The van der Waals surface area contributed by atoms with Crippen molar-refractivity contribution in [2.75, 3.05) is 63.8 Å². The van der Waals surface area contributed by atoms with Crippen LogP contribution < -0.4 is 4.90 Å². The molecule has 0 saturated carbocycles. The van der Waals surface area contributed by atoms with Crippen molar-refractivity contribution in [3.05, 3.63) is 59.9 Å². The predicted molar refractivity (Wildman–Crippen MR) is 116 cm³/mol. The third-order valence-corrected chi connectivity index (χ3v) is 6.06. The number of piperazine rings is 2. The van der Waals surface area contributed by atoms with Gasteiger partial charge in [0.25, 0.3) is 5.91 Å². The molecular weight excluding hydrogens is 362 g/mol. The minimum atomic E-state index is 0.0605. The SMILES string of the molecule is CCN1CCN(C(=O)c2cc(N3CCN(Cc4ccccc4)CC3)ccn2)CC1. The Balaban J connectivity index is 1.34. The Labute approximate surface area is 173 Å². The number of carbonyl (C=O) groups excluding carboxylic acids is 1. The molecule has 2 fully saturated rings. The first-order chi connectivity index (χ1) is 14.2. The minimum absolute atomic E-state index is 0.0605. The van der Waals surface area contributed by atoms with Crippen LogP contribution in [0.2, 0.25) is 0 Å². The van der Waals surface area contributed by atoms with Gasteiger partial charge in [-0.15, -0.1) is 0 Å². The van der Waals surface area contributed by atoms with Gasteiger partial charge in [-0.3, -0.25) is 14.7 Å². The van der Waals surface area contributed by atoms with Crippen LogP contribution in [-0.4, -0.2) is 84.5 Å². The summed E-state index contributed by atoms with van der Waals surface area (Å²) >= 11 is 0. The number of nitrogens with zero attached hydrogens (tertiary/aromatic N) is 5. The highest BCUT2D eigenvalue weighted by Crippen LogP contribution is 2.19. The lowest BCUT2D eigenvalue weighted by molar-refractivity contribution is 0.0637. The number of carbonyl (C=O) groups is 1. The van der Waals surface area contributed by atoms with E-state index in [4.69, 9.17) is 0 Å². The summed E-state index contributed by atoms with van der Waals surface area (Å²) in [4.78, 5) is 26.5. The lowest BCUT2D eigenvalue weighted by atomic mass is 10.2. The van der Waals surface area contributed by atoms with E-state index in [2.05, 4.69) is 56.9 Å². The molecule has 29 heavy (non-hydrogen) atoms. The van der Waals surface area contributed by atoms with Crippen molar-refractivity contribution in [1.82, 2.24) is 19.7 Å². The highest BCUT2D eigenvalue weighted by molar-refractivity contribution is 5.93. The summed E-state index contributed by atoms with van der Waals surface area (Å²) in [5, 5.41) is 0. The van der Waals surface area contributed by atoms with Gasteiger partial charge in [0.1, 0.15) is 5.69 Å². The van der Waals surface area contributed by atoms with Crippen molar-refractivity contribution in [1.29, 1.82) is 0 Å². The number of pyridine rings is 1. The maximum Gasteiger partial charge on any atom is 0.272 e. The van der Waals surface area contributed by atoms with Crippen LogP contribution in [-0.2, 0) is 6.54 Å². The highest BCUT2D eigenvalue weighted by atomic mass is 16.2. The zero-order chi connectivity index (χ0) is 20.1. The Morgan fingerprint density at radius 2 is 1.59 bits per heavy atom. The Morgan fingerprint density at radius 3 is 2.28 bits per heavy atom. The van der Waals surface area contributed by atoms with Crippen LogP contribution in [0.5, 0.6) is 0 Å². The topological polar surface area (TPSA) is 42.9 Å². The molecule has 1 aromatic heterocycles. The number of rotatable bonds is 5. The van der Waals surface area contributed by atoms with E-state index in [0.717, 1.165) is 71.1 Å². The molecule has 6 heteroatoms. The molecule has 0 N–H and O–H groups in total. The summed E-state index contributed by atoms with van der Waals surface area (Å²) < 4.78 is 0. The highest BCUT2D eigenvalue weighted by Gasteiger charge is 2.23. The zero-order valence-corrected chi connectivity index (χ0v) is 17.3. The fourth-order valence-corrected chi connectivity index (χ4v) is 4.17. The van der Waals surface area contributed by atoms with E-state index in [0.29, 0.717) is 5.69 Å². The van der Waals surface area contributed by atoms with Crippen LogP contribution in [0.3, 0.4) is 0 Å². The summed E-state index contributed by atoms with van der Waals surface area (Å²) in [6, 6.07) is 14.6. The van der Waals surface area contributed by atoms with E-state index >= 15 is 0 Å². The van der Waals surface area contributed by atoms with Crippen LogP contribution in [0, 0.1) is 0 Å². The van der Waals surface area contributed by atoms with E-state index < -0.39 is 0 Å². The third kappa shape index (κ3) is 4.95. The second-order valence-corrected chi connectivity index (χ2v) is 7.87. The van der Waals surface area contributed by atoms with Crippen molar-refractivity contribution in [3.8, 4) is 0 Å². The Hall–Kier alpha value is -2.44. The smallest absolute Gasteiger partial charge is 0.272 e. The van der Waals surface area contributed by atoms with Gasteiger partial charge in [-0.1, -0.05) is 37.3 Å². The fourth-order valence-electron chi connectivity index (χ4n) is 4.17. The van der Waals surface area contributed by atoms with E-state index in [1.165, 1.54) is 5.56 Å². The van der Waals surface area contributed by atoms with E-state index in [9.17, 15) is 4.79 Å². The first-order valence-electron chi connectivity index (χ1n) is 10.7. The zero-order valence-electron chi connectivity index (χ0n) is 17.3. The molecule has 1 aromatic carbocycles. The van der Waals surface area contributed by atoms with E-state index in [1.807, 2.05) is 17.0 Å². The van der Waals surface area contributed by atoms with Crippen molar-refractivity contribution < 1.29 is 4.79 Å². The molecule has 6 nitrogen and oxygen atoms in total. The van der Waals surface area contributed by atoms with Crippen molar-refractivity contribution in [2.45, 2.75) is 13.5 Å². The van der Waals surface area contributed by atoms with Crippen LogP contribution in [0.15, 0.2) is 48.7 Å². The lowest BCUT2D eigenvalue weighted by Gasteiger charge is -2.36. The average Bonchev–Trinajstić information content (AvgIpc) is 2.80. The van der Waals surface area contributed by atoms with E-state index in [-0.39, 0.29) is 5.91 Å². The monoisotopic (exact) mass is 393 g/mol. The van der Waals surface area contributed by atoms with Gasteiger partial charge in [0.05, 0.1) is 0 Å². The lowest BCUT2D eigenvalue weighted by Crippen LogP contribution is -2.48. The van der Waals surface area contributed by atoms with Gasteiger partial charge in [-0.2, -0.15) is 0 Å². The minimum Gasteiger partial charge on any atom is -0.369 e. The van der Waals surface area contributed by atoms with Gasteiger partial charge in [-0.25, -0.2) is 0 Å². The third-order valence-electron chi connectivity index (χ3n) is 6.06. The molecule has 2 saturated heterocycles. The molecule has 2 aliphatic heterocycles. The molecular formula is C23H31N5O. The molecule has 2 aliphatic rings. The van der Waals surface area contributed by atoms with Gasteiger partial charge in [0.15, 0.2) is 0 Å². The van der Waals surface area contributed by atoms with Gasteiger partial charge in [0, 0.05) is 70.8 Å². The number of benzene rings is 1. The van der Waals surface area contributed by atoms with Gasteiger partial charge in [-0.05, 0) is 24.2 Å². The summed E-state index contributed by atoms with van der Waals surface area (Å²) in [5.74, 6) is 0.0605. The number of anilines is 1. The van der Waals surface area contributed by atoms with Gasteiger partial charge >= 0.3 is 0 Å². The average molecular weight is 394 g/mol. The van der Waals surface area contributed by atoms with Gasteiger partial charge in [0.2, 0.25) is 0 Å². The molecule has 0 spiro atoms. The Bertz CT molecular complexity index is 796. The number of likely N-dealkylation sites (N-methyl/N-ethyl adjacent to an activating group) is 1. The fraction of sp³-hybridized carbons (Fsp3) is 0.478. The first kappa shape index (κ1) is 19.9. The summed E-state index contributed by atoms with van der Waals surface area (Å²) in [5.41, 5.74) is 3.04. The molecule has 0 atom stereocenters. The van der Waals surface area contributed by atoms with E-state index in [1.54, 1.807) is 6.20 Å². The Morgan fingerprint density at radius 1 is 0.897 bits per heavy atom. The van der Waals surface area contributed by atoms with Crippen LogP contribution >= 0.6 is 0 Å². The molecule has 4 rings (SSSR count). The Kier molecular flexibility index (Phi) is 6.42. The number of aromatic nitrogens is 1. The molecule has 0 aliphatic carbocycles. The van der Waals surface area contributed by atoms with Gasteiger partial charge < -0.3 is 14.7 Å². The van der Waals surface area contributed by atoms with Crippen LogP contribution in [0.4, 0.5) is 5.69 Å². The predicted octanol–water partition coefficient (Wildman–Crippen LogP) is 2.18.